The molecule has 6 rings (SSSR count). The van der Waals surface area contributed by atoms with Crippen LogP contribution in [-0.2, 0) is 38.4 Å². The van der Waals surface area contributed by atoms with Crippen LogP contribution in [0.5, 0.6) is 17.2 Å². The largest absolute Gasteiger partial charge is 0.491 e. The predicted octanol–water partition coefficient (Wildman–Crippen LogP) is 1.34. The lowest BCUT2D eigenvalue weighted by Crippen LogP contribution is -2.25. The van der Waals surface area contributed by atoms with E-state index in [1.165, 1.54) is 11.1 Å². The normalized spacial score (nSPS) is 12.2. The van der Waals surface area contributed by atoms with Crippen molar-refractivity contribution in [3.05, 3.63) is 198 Å². The van der Waals surface area contributed by atoms with E-state index in [0.29, 0.717) is 37.1 Å². The van der Waals surface area contributed by atoms with Gasteiger partial charge in [0.1, 0.15) is 72.7 Å². The fraction of sp³-hybridized carbons (Fsp3) is 0.463. The molecule has 0 aliphatic rings. The van der Waals surface area contributed by atoms with Crippen LogP contribution in [0, 0.1) is 13.8 Å². The molecule has 0 heterocycles. The molecule has 0 saturated carbocycles. The summed E-state index contributed by atoms with van der Waals surface area (Å²) in [6.07, 6.45) is -4.03. The third kappa shape index (κ3) is 47.8. The Labute approximate surface area is 529 Å². The minimum atomic E-state index is -0.916. The maximum absolute atomic E-state index is 8.98. The van der Waals surface area contributed by atoms with Crippen molar-refractivity contribution in [3.63, 3.8) is 0 Å². The van der Waals surface area contributed by atoms with Gasteiger partial charge in [-0.2, -0.15) is 0 Å². The molecule has 23 heteroatoms. The van der Waals surface area contributed by atoms with Crippen molar-refractivity contribution in [2.24, 2.45) is 0 Å². The zero-order valence-electron chi connectivity index (χ0n) is 51.6. The van der Waals surface area contributed by atoms with Gasteiger partial charge in [0.2, 0.25) is 0 Å². The molecular weight excluding hydrogens is 1170 g/mol. The van der Waals surface area contributed by atoms with Gasteiger partial charge in [0.15, 0.2) is 0 Å². The summed E-state index contributed by atoms with van der Waals surface area (Å²) in [5.74, 6) is 2.04. The molecule has 0 saturated heterocycles. The van der Waals surface area contributed by atoms with E-state index in [2.05, 4.69) is 0 Å². The van der Waals surface area contributed by atoms with Crippen LogP contribution in [0.2, 0.25) is 0 Å². The van der Waals surface area contributed by atoms with Crippen LogP contribution in [0.25, 0.3) is 0 Å². The number of hydrogen-bond donors (Lipinski definition) is 16. The third-order valence-electron chi connectivity index (χ3n) is 11.4. The minimum Gasteiger partial charge on any atom is -0.491 e. The molecule has 5 unspecified atom stereocenters. The van der Waals surface area contributed by atoms with Gasteiger partial charge >= 0.3 is 0 Å². The van der Waals surface area contributed by atoms with Crippen molar-refractivity contribution in [1.82, 2.24) is 0 Å². The average molecular weight is 1270 g/mol. The van der Waals surface area contributed by atoms with Gasteiger partial charge < -0.3 is 115 Å². The summed E-state index contributed by atoms with van der Waals surface area (Å²) in [5, 5.41) is 139. The molecule has 0 spiro atoms. The van der Waals surface area contributed by atoms with Gasteiger partial charge in [0.05, 0.1) is 119 Å². The third-order valence-corrected chi connectivity index (χ3v) is 11.4. The second-order valence-corrected chi connectivity index (χ2v) is 19.6. The van der Waals surface area contributed by atoms with E-state index in [4.69, 9.17) is 115 Å². The maximum atomic E-state index is 8.98. The zero-order chi connectivity index (χ0) is 66.8. The van der Waals surface area contributed by atoms with Crippen LogP contribution in [0.15, 0.2) is 170 Å². The van der Waals surface area contributed by atoms with Crippen LogP contribution < -0.4 is 14.2 Å². The Morgan fingerprint density at radius 3 is 1.09 bits per heavy atom. The van der Waals surface area contributed by atoms with E-state index < -0.39 is 48.8 Å². The van der Waals surface area contributed by atoms with Crippen LogP contribution in [-0.4, -0.2) is 249 Å². The number of benzene rings is 6. The van der Waals surface area contributed by atoms with E-state index in [-0.39, 0.29) is 106 Å². The quantitative estimate of drug-likeness (QED) is 0.0250. The van der Waals surface area contributed by atoms with E-state index in [1.807, 2.05) is 166 Å². The molecule has 0 aromatic heterocycles. The van der Waals surface area contributed by atoms with E-state index in [9.17, 15) is 0 Å². The Morgan fingerprint density at radius 2 is 0.667 bits per heavy atom. The van der Waals surface area contributed by atoms with Crippen LogP contribution in [0.1, 0.15) is 27.8 Å². The van der Waals surface area contributed by atoms with Gasteiger partial charge in [-0.25, -0.2) is 0 Å². The van der Waals surface area contributed by atoms with Crippen LogP contribution in [0.4, 0.5) is 0 Å². The first-order valence-corrected chi connectivity index (χ1v) is 29.3. The monoisotopic (exact) mass is 1270 g/mol. The number of ether oxygens (including phenoxy) is 7. The molecule has 23 nitrogen and oxygen atoms in total. The highest BCUT2D eigenvalue weighted by molar-refractivity contribution is 5.28. The summed E-state index contributed by atoms with van der Waals surface area (Å²) in [5.41, 5.74) is 5.71. The molecule has 0 aliphatic heterocycles. The lowest BCUT2D eigenvalue weighted by Gasteiger charge is -2.14. The zero-order valence-corrected chi connectivity index (χ0v) is 51.6. The molecule has 16 N–H and O–H groups in total. The first-order valence-electron chi connectivity index (χ1n) is 29.3. The molecule has 0 aliphatic carbocycles. The molecular formula is C67H100O23. The summed E-state index contributed by atoms with van der Waals surface area (Å²) >= 11 is 0. The topological polar surface area (TPSA) is 388 Å². The summed E-state index contributed by atoms with van der Waals surface area (Å²) in [4.78, 5) is 0. The number of aliphatic hydroxyl groups excluding tert-OH is 16. The highest BCUT2D eigenvalue weighted by Gasteiger charge is 2.10. The Morgan fingerprint density at radius 1 is 0.300 bits per heavy atom. The number of hydrogen-bond acceptors (Lipinski definition) is 23. The first kappa shape index (κ1) is 83.9. The molecule has 6 aromatic carbocycles. The minimum absolute atomic E-state index is 0.0342. The number of aliphatic hydroxyl groups is 16. The van der Waals surface area contributed by atoms with Crippen molar-refractivity contribution < 1.29 is 115 Å². The SMILES string of the molecule is Cc1ccc(OC(CO)CO)cc1.Cc1cccc(OC(CO)CO)c1.OCC(CO)OCCc1ccccc1.OCC(O)COCC(O)CO.OCC(O)COCCc1ccccc1.OCC(O)COCc1ccccc1.OCC(O)COc1ccccc1. The Balaban J connectivity index is 0.00000103. The molecule has 0 amide bonds. The van der Waals surface area contributed by atoms with Crippen molar-refractivity contribution in [2.75, 3.05) is 119 Å². The molecule has 0 fully saturated rings. The van der Waals surface area contributed by atoms with E-state index in [0.717, 1.165) is 29.5 Å². The predicted molar refractivity (Wildman–Crippen MR) is 339 cm³/mol. The van der Waals surface area contributed by atoms with Crippen molar-refractivity contribution in [3.8, 4) is 17.2 Å². The first-order chi connectivity index (χ1) is 43.6. The summed E-state index contributed by atoms with van der Waals surface area (Å²) in [7, 11) is 0. The van der Waals surface area contributed by atoms with Gasteiger partial charge in [-0.15, -0.1) is 0 Å². The molecule has 5 atom stereocenters. The number of para-hydroxylation sites is 1. The molecule has 506 valence electrons. The Bertz CT molecular complexity index is 2420. The van der Waals surface area contributed by atoms with E-state index in [1.54, 1.807) is 18.2 Å². The highest BCUT2D eigenvalue weighted by Crippen LogP contribution is 2.15. The summed E-state index contributed by atoms with van der Waals surface area (Å²) < 4.78 is 36.0. The standard InChI is InChI=1S/2C11H16O3.3C10H14O3.C9H12O3.C6H14O5/c12-8-11(13)9-14-7-6-10-4-2-1-3-5-10;12-8-11(9-13)14-7-6-10-4-2-1-3-5-10;1-8-2-4-9(5-3-8)13-10(6-11)7-12;1-8-3-2-4-9(5-8)13-10(6-11)7-12;11-6-10(12)8-13-7-9-4-2-1-3-5-9;10-6-8(11)7-12-9-4-2-1-3-5-9;7-1-5(9)3-11-4-6(10)2-8/h2*1-5,11-13H,6-9H2;2*2-5,10-12H,6-7H2,1H3;1-5,10-12H,6-8H2;1-5,8,10-11H,6-7H2;5-10H,1-4H2. The summed E-state index contributed by atoms with van der Waals surface area (Å²) in [6.45, 7) is 3.46. The Kier molecular flexibility index (Phi) is 54.1. The second kappa shape index (κ2) is 58.0. The Hall–Kier alpha value is -6.08. The molecule has 90 heavy (non-hydrogen) atoms. The fourth-order valence-corrected chi connectivity index (χ4v) is 6.36. The highest BCUT2D eigenvalue weighted by atomic mass is 16.5. The van der Waals surface area contributed by atoms with Crippen molar-refractivity contribution >= 4 is 0 Å². The van der Waals surface area contributed by atoms with Gasteiger partial charge in [-0.05, 0) is 85.3 Å². The fourth-order valence-electron chi connectivity index (χ4n) is 6.36. The molecule has 6 aromatic rings. The van der Waals surface area contributed by atoms with Gasteiger partial charge in [0.25, 0.3) is 0 Å². The van der Waals surface area contributed by atoms with Crippen molar-refractivity contribution in [2.45, 2.75) is 82.1 Å². The smallest absolute Gasteiger partial charge is 0.145 e. The van der Waals surface area contributed by atoms with Gasteiger partial charge in [-0.1, -0.05) is 139 Å². The lowest BCUT2D eigenvalue weighted by atomic mass is 10.2. The van der Waals surface area contributed by atoms with Crippen molar-refractivity contribution in [1.29, 1.82) is 0 Å². The number of aryl methyl sites for hydroxylation is 2. The second-order valence-electron chi connectivity index (χ2n) is 19.6. The summed E-state index contributed by atoms with van der Waals surface area (Å²) in [6, 6.07) is 53.8. The van der Waals surface area contributed by atoms with E-state index >= 15 is 0 Å². The average Bonchev–Trinajstić information content (AvgIpc) is 3.79. The molecule has 0 radical (unpaired) electrons. The van der Waals surface area contributed by atoms with Gasteiger partial charge in [0, 0.05) is 0 Å². The van der Waals surface area contributed by atoms with Crippen LogP contribution in [0.3, 0.4) is 0 Å². The maximum Gasteiger partial charge on any atom is 0.145 e. The van der Waals surface area contributed by atoms with Gasteiger partial charge in [-0.3, -0.25) is 0 Å². The number of rotatable bonds is 35. The van der Waals surface area contributed by atoms with Crippen LogP contribution >= 0.6 is 0 Å². The molecule has 0 bridgehead atoms. The lowest BCUT2D eigenvalue weighted by molar-refractivity contribution is -0.0364.